The molecule has 2 nitrogen and oxygen atoms in total. The third-order valence-electron chi connectivity index (χ3n) is 3.26. The van der Waals surface area contributed by atoms with Crippen LogP contribution in [0.5, 0.6) is 0 Å². The van der Waals surface area contributed by atoms with Gasteiger partial charge in [-0.25, -0.2) is 0 Å². The Morgan fingerprint density at radius 2 is 1.79 bits per heavy atom. The zero-order valence-electron chi connectivity index (χ0n) is 10.0. The molecule has 1 heterocycles. The highest BCUT2D eigenvalue weighted by Crippen LogP contribution is 2.42. The maximum absolute atomic E-state index is 12.4. The average molecular weight is 381 g/mol. The highest BCUT2D eigenvalue weighted by Gasteiger charge is 2.36. The Balaban J connectivity index is 1.94. The summed E-state index contributed by atoms with van der Waals surface area (Å²) in [5.41, 5.74) is 8.17. The van der Waals surface area contributed by atoms with Crippen LogP contribution in [0, 0.1) is 3.57 Å². The summed E-state index contributed by atoms with van der Waals surface area (Å²) < 4.78 is 1.11. The van der Waals surface area contributed by atoms with E-state index in [1.54, 1.807) is 11.8 Å². The number of carbonyl (C=O) groups excluding carboxylic acids is 1. The second-order valence-corrected chi connectivity index (χ2v) is 6.79. The van der Waals surface area contributed by atoms with Gasteiger partial charge in [0.15, 0.2) is 5.78 Å². The van der Waals surface area contributed by atoms with Gasteiger partial charge in [0, 0.05) is 14.0 Å². The first-order valence-electron chi connectivity index (χ1n) is 5.98. The lowest BCUT2D eigenvalue weighted by Crippen LogP contribution is -2.28. The molecule has 2 N–H and O–H groups in total. The van der Waals surface area contributed by atoms with Gasteiger partial charge < -0.3 is 5.73 Å². The van der Waals surface area contributed by atoms with Crippen LogP contribution in [0.3, 0.4) is 0 Å². The summed E-state index contributed by atoms with van der Waals surface area (Å²) in [4.78, 5) is 13.5. The third-order valence-corrected chi connectivity index (χ3v) is 5.61. The molecule has 19 heavy (non-hydrogen) atoms. The van der Waals surface area contributed by atoms with Crippen molar-refractivity contribution in [3.63, 3.8) is 0 Å². The van der Waals surface area contributed by atoms with Crippen LogP contribution in [0.2, 0.25) is 0 Å². The van der Waals surface area contributed by atoms with Crippen LogP contribution in [0.15, 0.2) is 53.4 Å². The van der Waals surface area contributed by atoms with Crippen LogP contribution in [-0.4, -0.2) is 11.0 Å². The highest BCUT2D eigenvalue weighted by molar-refractivity contribution is 14.1. The molecule has 2 aromatic carbocycles. The predicted octanol–water partition coefficient (Wildman–Crippen LogP) is 3.65. The summed E-state index contributed by atoms with van der Waals surface area (Å²) in [6.45, 7) is 0. The Labute approximate surface area is 129 Å². The molecule has 3 rings (SSSR count). The van der Waals surface area contributed by atoms with Crippen LogP contribution in [-0.2, 0) is 0 Å². The quantitative estimate of drug-likeness (QED) is 0.808. The average Bonchev–Trinajstić information content (AvgIpc) is 2.77. The Morgan fingerprint density at radius 3 is 2.53 bits per heavy atom. The normalized spacial score (nSPS) is 19.3. The summed E-state index contributed by atoms with van der Waals surface area (Å²) in [6, 6.07) is 15.4. The second kappa shape index (κ2) is 5.26. The number of benzene rings is 2. The molecule has 0 bridgehead atoms. The number of hydrogen-bond acceptors (Lipinski definition) is 3. The van der Waals surface area contributed by atoms with Crippen molar-refractivity contribution in [3.8, 4) is 0 Å². The molecule has 0 saturated carbocycles. The molecule has 96 valence electrons. The van der Waals surface area contributed by atoms with E-state index in [1.165, 1.54) is 0 Å². The first kappa shape index (κ1) is 13.1. The fraction of sp³-hybridized carbons (Fsp3) is 0.133. The standard InChI is InChI=1S/C15H12INOS/c16-11-7-3-1-5-9(11)13(17)15-14(18)10-6-2-4-8-12(10)19-15/h1-8,13,15H,17H2. The molecule has 0 spiro atoms. The lowest BCUT2D eigenvalue weighted by molar-refractivity contribution is 0.0983. The van der Waals surface area contributed by atoms with Crippen molar-refractivity contribution in [2.24, 2.45) is 5.73 Å². The van der Waals surface area contributed by atoms with Crippen molar-refractivity contribution in [2.45, 2.75) is 16.2 Å². The number of carbonyl (C=O) groups is 1. The SMILES string of the molecule is NC(c1ccccc1I)C1Sc2ccccc2C1=O. The van der Waals surface area contributed by atoms with Gasteiger partial charge in [0.1, 0.15) is 0 Å². The first-order valence-corrected chi connectivity index (χ1v) is 7.94. The van der Waals surface area contributed by atoms with Gasteiger partial charge in [0.25, 0.3) is 0 Å². The molecule has 0 radical (unpaired) electrons. The first-order chi connectivity index (χ1) is 9.18. The predicted molar refractivity (Wildman–Crippen MR) is 86.5 cm³/mol. The topological polar surface area (TPSA) is 43.1 Å². The summed E-state index contributed by atoms with van der Waals surface area (Å²) in [7, 11) is 0. The second-order valence-electron chi connectivity index (χ2n) is 4.45. The maximum Gasteiger partial charge on any atom is 0.179 e. The molecule has 0 amide bonds. The van der Waals surface area contributed by atoms with Crippen molar-refractivity contribution in [2.75, 3.05) is 0 Å². The van der Waals surface area contributed by atoms with Gasteiger partial charge in [-0.05, 0) is 40.3 Å². The molecule has 2 unspecified atom stereocenters. The van der Waals surface area contributed by atoms with Crippen molar-refractivity contribution in [3.05, 3.63) is 63.2 Å². The van der Waals surface area contributed by atoms with E-state index in [2.05, 4.69) is 22.6 Å². The third kappa shape index (κ3) is 2.32. The van der Waals surface area contributed by atoms with Gasteiger partial charge in [0.2, 0.25) is 0 Å². The Bertz CT molecular complexity index is 644. The summed E-state index contributed by atoms with van der Waals surface area (Å²) in [5, 5.41) is -0.215. The van der Waals surface area contributed by atoms with Crippen molar-refractivity contribution < 1.29 is 4.79 Å². The molecule has 2 atom stereocenters. The summed E-state index contributed by atoms with van der Waals surface area (Å²) >= 11 is 3.85. The van der Waals surface area contributed by atoms with E-state index in [0.717, 1.165) is 19.6 Å². The van der Waals surface area contributed by atoms with Crippen LogP contribution in [0.1, 0.15) is 22.0 Å². The number of halogens is 1. The zero-order chi connectivity index (χ0) is 13.4. The molecule has 2 aromatic rings. The van der Waals surface area contributed by atoms with Gasteiger partial charge >= 0.3 is 0 Å². The molecular formula is C15H12INOS. The molecule has 4 heteroatoms. The number of thioether (sulfide) groups is 1. The largest absolute Gasteiger partial charge is 0.323 e. The van der Waals surface area contributed by atoms with E-state index in [4.69, 9.17) is 5.73 Å². The Hall–Kier alpha value is -0.850. The molecule has 0 saturated heterocycles. The van der Waals surface area contributed by atoms with Crippen LogP contribution >= 0.6 is 34.4 Å². The van der Waals surface area contributed by atoms with E-state index in [1.807, 2.05) is 48.5 Å². The van der Waals surface area contributed by atoms with Crippen LogP contribution < -0.4 is 5.73 Å². The minimum Gasteiger partial charge on any atom is -0.323 e. The van der Waals surface area contributed by atoms with Gasteiger partial charge in [-0.2, -0.15) is 0 Å². The van der Waals surface area contributed by atoms with Crippen molar-refractivity contribution >= 4 is 40.1 Å². The van der Waals surface area contributed by atoms with Gasteiger partial charge in [-0.3, -0.25) is 4.79 Å². The van der Waals surface area contributed by atoms with Crippen molar-refractivity contribution in [1.82, 2.24) is 0 Å². The molecule has 0 fully saturated rings. The monoisotopic (exact) mass is 381 g/mol. The fourth-order valence-electron chi connectivity index (χ4n) is 2.26. The van der Waals surface area contributed by atoms with Crippen LogP contribution in [0.4, 0.5) is 0 Å². The molecular weight excluding hydrogens is 369 g/mol. The van der Waals surface area contributed by atoms with Crippen LogP contribution in [0.25, 0.3) is 0 Å². The lowest BCUT2D eigenvalue weighted by atomic mass is 9.98. The fourth-order valence-corrected chi connectivity index (χ4v) is 4.26. The number of hydrogen-bond donors (Lipinski definition) is 1. The van der Waals surface area contributed by atoms with E-state index in [-0.39, 0.29) is 17.1 Å². The molecule has 1 aliphatic heterocycles. The Kier molecular flexibility index (Phi) is 3.64. The lowest BCUT2D eigenvalue weighted by Gasteiger charge is -2.18. The molecule has 0 aromatic heterocycles. The van der Waals surface area contributed by atoms with E-state index in [9.17, 15) is 4.79 Å². The van der Waals surface area contributed by atoms with Gasteiger partial charge in [-0.1, -0.05) is 36.4 Å². The smallest absolute Gasteiger partial charge is 0.179 e. The number of nitrogens with two attached hydrogens (primary N) is 1. The number of fused-ring (bicyclic) bond motifs is 1. The van der Waals surface area contributed by atoms with E-state index >= 15 is 0 Å². The summed E-state index contributed by atoms with van der Waals surface area (Å²) in [5.74, 6) is 0.146. The number of rotatable bonds is 2. The van der Waals surface area contributed by atoms with Crippen molar-refractivity contribution in [1.29, 1.82) is 0 Å². The summed E-state index contributed by atoms with van der Waals surface area (Å²) in [6.07, 6.45) is 0. The number of Topliss-reactive ketones (excluding diaryl/α,β-unsaturated/α-hetero) is 1. The Morgan fingerprint density at radius 1 is 1.11 bits per heavy atom. The molecule has 0 aliphatic carbocycles. The minimum absolute atomic E-state index is 0.146. The highest BCUT2D eigenvalue weighted by atomic mass is 127. The minimum atomic E-state index is -0.266. The van der Waals surface area contributed by atoms with Gasteiger partial charge in [-0.15, -0.1) is 11.8 Å². The molecule has 1 aliphatic rings. The van der Waals surface area contributed by atoms with E-state index < -0.39 is 0 Å². The number of ketones is 1. The maximum atomic E-state index is 12.4. The van der Waals surface area contributed by atoms with E-state index in [0.29, 0.717) is 0 Å². The zero-order valence-corrected chi connectivity index (χ0v) is 13.0. The van der Waals surface area contributed by atoms with Gasteiger partial charge in [0.05, 0.1) is 11.3 Å².